The van der Waals surface area contributed by atoms with Crippen LogP contribution in [0.1, 0.15) is 23.4 Å². The van der Waals surface area contributed by atoms with E-state index in [0.717, 1.165) is 49.7 Å². The molecule has 0 bridgehead atoms. The van der Waals surface area contributed by atoms with Gasteiger partial charge < -0.3 is 10.5 Å². The SMILES string of the molecule is NC(=O)C1CCN(CCOc2ccc(Cc3nccs3)cc2)CC1. The molecule has 2 N–H and O–H groups in total. The van der Waals surface area contributed by atoms with Crippen molar-refractivity contribution in [2.45, 2.75) is 19.3 Å². The fraction of sp³-hybridized carbons (Fsp3) is 0.444. The van der Waals surface area contributed by atoms with E-state index in [1.165, 1.54) is 5.56 Å². The van der Waals surface area contributed by atoms with Crippen LogP contribution < -0.4 is 10.5 Å². The summed E-state index contributed by atoms with van der Waals surface area (Å²) in [6, 6.07) is 8.22. The number of primary amides is 1. The van der Waals surface area contributed by atoms with Gasteiger partial charge in [-0.2, -0.15) is 0 Å². The summed E-state index contributed by atoms with van der Waals surface area (Å²) in [5.74, 6) is 0.779. The number of hydrogen-bond acceptors (Lipinski definition) is 5. The third-order valence-electron chi connectivity index (χ3n) is 4.43. The first-order valence-corrected chi connectivity index (χ1v) is 9.20. The summed E-state index contributed by atoms with van der Waals surface area (Å²) in [6.07, 6.45) is 4.43. The molecule has 0 radical (unpaired) electrons. The van der Waals surface area contributed by atoms with Crippen LogP contribution >= 0.6 is 11.3 Å². The molecule has 1 aromatic carbocycles. The van der Waals surface area contributed by atoms with Gasteiger partial charge in [-0.1, -0.05) is 12.1 Å². The number of carbonyl (C=O) groups is 1. The first kappa shape index (κ1) is 16.9. The maximum atomic E-state index is 11.2. The Labute approximate surface area is 146 Å². The second kappa shape index (κ2) is 8.26. The van der Waals surface area contributed by atoms with E-state index >= 15 is 0 Å². The maximum absolute atomic E-state index is 11.2. The van der Waals surface area contributed by atoms with Crippen LogP contribution in [0.25, 0.3) is 0 Å². The lowest BCUT2D eigenvalue weighted by molar-refractivity contribution is -0.123. The number of nitrogens with zero attached hydrogens (tertiary/aromatic N) is 2. The summed E-state index contributed by atoms with van der Waals surface area (Å²) in [5, 5.41) is 3.13. The molecule has 1 saturated heterocycles. The minimum atomic E-state index is -0.163. The number of ether oxygens (including phenoxy) is 1. The van der Waals surface area contributed by atoms with E-state index in [2.05, 4.69) is 22.0 Å². The highest BCUT2D eigenvalue weighted by atomic mass is 32.1. The lowest BCUT2D eigenvalue weighted by atomic mass is 9.96. The fourth-order valence-corrected chi connectivity index (χ4v) is 3.60. The molecule has 0 saturated carbocycles. The average molecular weight is 345 g/mol. The zero-order valence-corrected chi connectivity index (χ0v) is 14.5. The molecule has 3 rings (SSSR count). The number of amides is 1. The Balaban J connectivity index is 1.38. The summed E-state index contributed by atoms with van der Waals surface area (Å²) in [6.45, 7) is 3.38. The largest absolute Gasteiger partial charge is 0.492 e. The number of piperidine rings is 1. The van der Waals surface area contributed by atoms with Crippen LogP contribution in [0.5, 0.6) is 5.75 Å². The second-order valence-electron chi connectivity index (χ2n) is 6.11. The average Bonchev–Trinajstić information content (AvgIpc) is 3.10. The highest BCUT2D eigenvalue weighted by Gasteiger charge is 2.22. The number of carbonyl (C=O) groups excluding carboxylic acids is 1. The topological polar surface area (TPSA) is 68.5 Å². The number of thiazole rings is 1. The zero-order chi connectivity index (χ0) is 16.8. The summed E-state index contributed by atoms with van der Waals surface area (Å²) in [5.41, 5.74) is 6.60. The van der Waals surface area contributed by atoms with Gasteiger partial charge in [0.1, 0.15) is 12.4 Å². The molecular formula is C18H23N3O2S. The van der Waals surface area contributed by atoms with E-state index in [9.17, 15) is 4.79 Å². The third-order valence-corrected chi connectivity index (χ3v) is 5.21. The van der Waals surface area contributed by atoms with Gasteiger partial charge in [0, 0.05) is 30.5 Å². The predicted molar refractivity (Wildman–Crippen MR) is 95.2 cm³/mol. The number of aromatic nitrogens is 1. The van der Waals surface area contributed by atoms with E-state index in [4.69, 9.17) is 10.5 Å². The van der Waals surface area contributed by atoms with Gasteiger partial charge in [0.05, 0.1) is 5.01 Å². The Bertz CT molecular complexity index is 635. The van der Waals surface area contributed by atoms with Crippen LogP contribution in [-0.2, 0) is 11.2 Å². The van der Waals surface area contributed by atoms with Crippen molar-refractivity contribution >= 4 is 17.2 Å². The van der Waals surface area contributed by atoms with Crippen molar-refractivity contribution in [2.75, 3.05) is 26.2 Å². The third kappa shape index (κ3) is 4.79. The van der Waals surface area contributed by atoms with Crippen LogP contribution in [0.3, 0.4) is 0 Å². The standard InChI is InChI=1S/C18H23N3O2S/c19-18(22)15-5-8-21(9-6-15)10-11-23-16-3-1-14(2-4-16)13-17-20-7-12-24-17/h1-4,7,12,15H,5-6,8-11,13H2,(H2,19,22). The van der Waals surface area contributed by atoms with Gasteiger partial charge in [-0.05, 0) is 43.6 Å². The van der Waals surface area contributed by atoms with E-state index in [0.29, 0.717) is 6.61 Å². The van der Waals surface area contributed by atoms with E-state index in [-0.39, 0.29) is 11.8 Å². The summed E-state index contributed by atoms with van der Waals surface area (Å²) >= 11 is 1.68. The van der Waals surface area contributed by atoms with Crippen molar-refractivity contribution in [3.05, 3.63) is 46.4 Å². The van der Waals surface area contributed by atoms with Crippen molar-refractivity contribution in [3.63, 3.8) is 0 Å². The van der Waals surface area contributed by atoms with Gasteiger partial charge in [-0.25, -0.2) is 4.98 Å². The Morgan fingerprint density at radius 1 is 1.29 bits per heavy atom. The first-order chi connectivity index (χ1) is 11.7. The van der Waals surface area contributed by atoms with Crippen molar-refractivity contribution in [1.82, 2.24) is 9.88 Å². The zero-order valence-electron chi connectivity index (χ0n) is 13.7. The van der Waals surface area contributed by atoms with E-state index < -0.39 is 0 Å². The highest BCUT2D eigenvalue weighted by molar-refractivity contribution is 7.09. The number of rotatable bonds is 7. The molecule has 5 nitrogen and oxygen atoms in total. The Morgan fingerprint density at radius 2 is 2.04 bits per heavy atom. The molecule has 2 heterocycles. The normalized spacial score (nSPS) is 16.2. The highest BCUT2D eigenvalue weighted by Crippen LogP contribution is 2.18. The lowest BCUT2D eigenvalue weighted by Gasteiger charge is -2.30. The minimum Gasteiger partial charge on any atom is -0.492 e. The monoisotopic (exact) mass is 345 g/mol. The molecule has 1 aromatic heterocycles. The van der Waals surface area contributed by atoms with Crippen molar-refractivity contribution in [1.29, 1.82) is 0 Å². The lowest BCUT2D eigenvalue weighted by Crippen LogP contribution is -2.40. The van der Waals surface area contributed by atoms with Crippen LogP contribution in [0.4, 0.5) is 0 Å². The fourth-order valence-electron chi connectivity index (χ4n) is 2.95. The van der Waals surface area contributed by atoms with E-state index in [1.807, 2.05) is 23.7 Å². The molecule has 24 heavy (non-hydrogen) atoms. The molecule has 1 aliphatic heterocycles. The van der Waals surface area contributed by atoms with Crippen molar-refractivity contribution in [3.8, 4) is 5.75 Å². The Kier molecular flexibility index (Phi) is 5.82. The molecule has 128 valence electrons. The first-order valence-electron chi connectivity index (χ1n) is 8.32. The number of benzene rings is 1. The Hall–Kier alpha value is -1.92. The molecular weight excluding hydrogens is 322 g/mol. The van der Waals surface area contributed by atoms with Gasteiger partial charge in [-0.3, -0.25) is 9.69 Å². The maximum Gasteiger partial charge on any atom is 0.220 e. The predicted octanol–water partition coefficient (Wildman–Crippen LogP) is 2.31. The van der Waals surface area contributed by atoms with Crippen LogP contribution in [-0.4, -0.2) is 42.0 Å². The molecule has 0 spiro atoms. The van der Waals surface area contributed by atoms with Crippen molar-refractivity contribution < 1.29 is 9.53 Å². The molecule has 1 aliphatic rings. The van der Waals surface area contributed by atoms with Gasteiger partial charge in [0.15, 0.2) is 0 Å². The molecule has 1 fully saturated rings. The smallest absolute Gasteiger partial charge is 0.220 e. The summed E-state index contributed by atoms with van der Waals surface area (Å²) < 4.78 is 5.83. The van der Waals surface area contributed by atoms with Gasteiger partial charge in [0.25, 0.3) is 0 Å². The quantitative estimate of drug-likeness (QED) is 0.836. The molecule has 0 atom stereocenters. The van der Waals surface area contributed by atoms with Crippen molar-refractivity contribution in [2.24, 2.45) is 11.7 Å². The summed E-state index contributed by atoms with van der Waals surface area (Å²) in [7, 11) is 0. The Morgan fingerprint density at radius 3 is 2.67 bits per heavy atom. The van der Waals surface area contributed by atoms with Gasteiger partial charge in [-0.15, -0.1) is 11.3 Å². The van der Waals surface area contributed by atoms with Gasteiger partial charge in [0.2, 0.25) is 5.91 Å². The van der Waals surface area contributed by atoms with E-state index in [1.54, 1.807) is 11.3 Å². The molecule has 2 aromatic rings. The number of likely N-dealkylation sites (tertiary alicyclic amines) is 1. The molecule has 6 heteroatoms. The molecule has 1 amide bonds. The van der Waals surface area contributed by atoms with Crippen LogP contribution in [0.15, 0.2) is 35.8 Å². The second-order valence-corrected chi connectivity index (χ2v) is 7.09. The number of nitrogens with two attached hydrogens (primary N) is 1. The number of hydrogen-bond donors (Lipinski definition) is 1. The molecule has 0 aliphatic carbocycles. The van der Waals surface area contributed by atoms with Gasteiger partial charge >= 0.3 is 0 Å². The minimum absolute atomic E-state index is 0.0487. The molecule has 0 unspecified atom stereocenters. The van der Waals surface area contributed by atoms with Crippen LogP contribution in [0, 0.1) is 5.92 Å². The van der Waals surface area contributed by atoms with Crippen LogP contribution in [0.2, 0.25) is 0 Å². The summed E-state index contributed by atoms with van der Waals surface area (Å²) in [4.78, 5) is 17.8.